The van der Waals surface area contributed by atoms with Crippen LogP contribution in [0.3, 0.4) is 0 Å². The van der Waals surface area contributed by atoms with Crippen molar-refractivity contribution in [3.05, 3.63) is 97.9 Å². The third-order valence-corrected chi connectivity index (χ3v) is 6.90. The van der Waals surface area contributed by atoms with Gasteiger partial charge >= 0.3 is 0 Å². The highest BCUT2D eigenvalue weighted by atomic mass is 35.5. The maximum absolute atomic E-state index is 12.9. The number of thioether (sulfide) groups is 1. The first-order valence-electron chi connectivity index (χ1n) is 10.4. The minimum atomic E-state index is -0.384. The lowest BCUT2D eigenvalue weighted by Crippen LogP contribution is -2.27. The number of aryl methyl sites for hydroxylation is 1. The van der Waals surface area contributed by atoms with Crippen LogP contribution in [0, 0.1) is 6.92 Å². The van der Waals surface area contributed by atoms with Crippen LogP contribution in [0.25, 0.3) is 6.08 Å². The molecule has 1 saturated heterocycles. The lowest BCUT2D eigenvalue weighted by molar-refractivity contribution is -0.123. The predicted molar refractivity (Wildman–Crippen MR) is 136 cm³/mol. The van der Waals surface area contributed by atoms with Crippen molar-refractivity contribution in [3.63, 3.8) is 0 Å². The zero-order valence-corrected chi connectivity index (χ0v) is 20.8. The van der Waals surface area contributed by atoms with Crippen LogP contribution >= 0.6 is 35.0 Å². The Balaban J connectivity index is 1.55. The Morgan fingerprint density at radius 3 is 2.38 bits per heavy atom. The van der Waals surface area contributed by atoms with Crippen LogP contribution < -0.4 is 9.47 Å². The summed E-state index contributed by atoms with van der Waals surface area (Å²) in [4.78, 5) is 26.9. The molecule has 174 valence electrons. The van der Waals surface area contributed by atoms with E-state index in [4.69, 9.17) is 32.7 Å². The highest BCUT2D eigenvalue weighted by molar-refractivity contribution is 8.18. The summed E-state index contributed by atoms with van der Waals surface area (Å²) in [5.74, 6) is 0.462. The number of carbonyl (C=O) groups is 2. The first kappa shape index (κ1) is 24.2. The first-order valence-corrected chi connectivity index (χ1v) is 12.0. The van der Waals surface area contributed by atoms with E-state index >= 15 is 0 Å². The second-order valence-electron chi connectivity index (χ2n) is 7.61. The molecule has 5 nitrogen and oxygen atoms in total. The standard InChI is InChI=1S/C26H21Cl2NO4S/c1-16-7-3-4-9-19(16)15-33-24-21(28)11-17(12-22(24)32-2)13-23-25(30)29(26(31)34-23)14-18-8-5-6-10-20(18)27/h3-13H,14-15H2,1-2H3/b23-13-. The van der Waals surface area contributed by atoms with Crippen molar-refractivity contribution in [1.82, 2.24) is 4.90 Å². The van der Waals surface area contributed by atoms with Crippen molar-refractivity contribution in [2.75, 3.05) is 7.11 Å². The van der Waals surface area contributed by atoms with Crippen LogP contribution in [0.15, 0.2) is 65.6 Å². The molecule has 0 unspecified atom stereocenters. The largest absolute Gasteiger partial charge is 0.493 e. The number of hydrogen-bond acceptors (Lipinski definition) is 5. The number of nitrogens with zero attached hydrogens (tertiary/aromatic N) is 1. The lowest BCUT2D eigenvalue weighted by atomic mass is 10.1. The van der Waals surface area contributed by atoms with Crippen LogP contribution in [0.5, 0.6) is 11.5 Å². The summed E-state index contributed by atoms with van der Waals surface area (Å²) < 4.78 is 11.4. The maximum atomic E-state index is 12.9. The molecule has 0 saturated carbocycles. The van der Waals surface area contributed by atoms with E-state index in [-0.39, 0.29) is 17.7 Å². The Labute approximate surface area is 212 Å². The molecular formula is C26H21Cl2NO4S. The van der Waals surface area contributed by atoms with Gasteiger partial charge in [0.05, 0.1) is 23.6 Å². The Morgan fingerprint density at radius 1 is 0.971 bits per heavy atom. The number of benzene rings is 3. The summed E-state index contributed by atoms with van der Waals surface area (Å²) in [5, 5.41) is 0.491. The second-order valence-corrected chi connectivity index (χ2v) is 9.42. The molecule has 0 bridgehead atoms. The minimum absolute atomic E-state index is 0.109. The minimum Gasteiger partial charge on any atom is -0.493 e. The Bertz CT molecular complexity index is 1290. The summed E-state index contributed by atoms with van der Waals surface area (Å²) in [6.45, 7) is 2.46. The zero-order valence-electron chi connectivity index (χ0n) is 18.5. The van der Waals surface area contributed by atoms with E-state index in [2.05, 4.69) is 0 Å². The molecule has 0 atom stereocenters. The van der Waals surface area contributed by atoms with E-state index < -0.39 is 0 Å². The number of imide groups is 1. The smallest absolute Gasteiger partial charge is 0.293 e. The van der Waals surface area contributed by atoms with Gasteiger partial charge in [0.1, 0.15) is 6.61 Å². The van der Waals surface area contributed by atoms with E-state index in [1.54, 1.807) is 36.4 Å². The molecule has 0 spiro atoms. The van der Waals surface area contributed by atoms with Crippen LogP contribution in [0.2, 0.25) is 10.0 Å². The van der Waals surface area contributed by atoms with E-state index in [1.165, 1.54) is 12.0 Å². The van der Waals surface area contributed by atoms with E-state index in [9.17, 15) is 9.59 Å². The molecule has 0 aliphatic carbocycles. The molecule has 0 aromatic heterocycles. The van der Waals surface area contributed by atoms with Gasteiger partial charge in [0, 0.05) is 5.02 Å². The topological polar surface area (TPSA) is 55.8 Å². The SMILES string of the molecule is COc1cc(/C=C2\SC(=O)N(Cc3ccccc3Cl)C2=O)cc(Cl)c1OCc1ccccc1C. The zero-order chi connectivity index (χ0) is 24.2. The molecule has 0 radical (unpaired) electrons. The van der Waals surface area contributed by atoms with Crippen LogP contribution in [-0.2, 0) is 17.9 Å². The quantitative estimate of drug-likeness (QED) is 0.314. The van der Waals surface area contributed by atoms with Gasteiger partial charge in [0.15, 0.2) is 11.5 Å². The third-order valence-electron chi connectivity index (χ3n) is 5.34. The molecule has 1 aliphatic rings. The number of ether oxygens (including phenoxy) is 2. The van der Waals surface area contributed by atoms with Crippen molar-refractivity contribution in [2.45, 2.75) is 20.1 Å². The maximum Gasteiger partial charge on any atom is 0.293 e. The number of halogens is 2. The molecular weight excluding hydrogens is 493 g/mol. The van der Waals surface area contributed by atoms with Crippen molar-refractivity contribution in [2.24, 2.45) is 0 Å². The van der Waals surface area contributed by atoms with Crippen LogP contribution in [0.1, 0.15) is 22.3 Å². The van der Waals surface area contributed by atoms with Gasteiger partial charge in [-0.3, -0.25) is 14.5 Å². The Kier molecular flexibility index (Phi) is 7.51. The monoisotopic (exact) mass is 513 g/mol. The van der Waals surface area contributed by atoms with Gasteiger partial charge < -0.3 is 9.47 Å². The summed E-state index contributed by atoms with van der Waals surface area (Å²) >= 11 is 13.6. The molecule has 2 amide bonds. The van der Waals surface area contributed by atoms with Crippen molar-refractivity contribution in [1.29, 1.82) is 0 Å². The van der Waals surface area contributed by atoms with Crippen LogP contribution in [-0.4, -0.2) is 23.2 Å². The fraction of sp³-hybridized carbons (Fsp3) is 0.154. The highest BCUT2D eigenvalue weighted by Crippen LogP contribution is 2.40. The molecule has 4 rings (SSSR count). The number of rotatable bonds is 7. The van der Waals surface area contributed by atoms with Crippen molar-refractivity contribution < 1.29 is 19.1 Å². The first-order chi connectivity index (χ1) is 16.4. The van der Waals surface area contributed by atoms with E-state index in [0.717, 1.165) is 22.9 Å². The van der Waals surface area contributed by atoms with Gasteiger partial charge in [-0.15, -0.1) is 0 Å². The number of carbonyl (C=O) groups excluding carboxylic acids is 2. The van der Waals surface area contributed by atoms with Crippen molar-refractivity contribution >= 4 is 52.2 Å². The molecule has 3 aromatic carbocycles. The molecule has 8 heteroatoms. The third kappa shape index (κ3) is 5.25. The molecule has 3 aromatic rings. The van der Waals surface area contributed by atoms with E-state index in [1.807, 2.05) is 37.3 Å². The predicted octanol–water partition coefficient (Wildman–Crippen LogP) is 7.13. The normalized spacial score (nSPS) is 14.7. The summed E-state index contributed by atoms with van der Waals surface area (Å²) in [5.41, 5.74) is 3.47. The fourth-order valence-corrected chi connectivity index (χ4v) is 4.78. The highest BCUT2D eigenvalue weighted by Gasteiger charge is 2.35. The number of methoxy groups -OCH3 is 1. The van der Waals surface area contributed by atoms with Gasteiger partial charge in [-0.1, -0.05) is 65.7 Å². The lowest BCUT2D eigenvalue weighted by Gasteiger charge is -2.15. The summed E-state index contributed by atoms with van der Waals surface area (Å²) in [7, 11) is 1.52. The molecule has 34 heavy (non-hydrogen) atoms. The average Bonchev–Trinajstić information content (AvgIpc) is 3.07. The second kappa shape index (κ2) is 10.6. The summed E-state index contributed by atoms with van der Waals surface area (Å²) in [6.07, 6.45) is 1.62. The fourth-order valence-electron chi connectivity index (χ4n) is 3.47. The average molecular weight is 514 g/mol. The summed E-state index contributed by atoms with van der Waals surface area (Å²) in [6, 6.07) is 18.4. The van der Waals surface area contributed by atoms with Gasteiger partial charge in [-0.2, -0.15) is 0 Å². The molecule has 1 heterocycles. The molecule has 1 fully saturated rings. The Morgan fingerprint density at radius 2 is 1.68 bits per heavy atom. The van der Waals surface area contributed by atoms with Gasteiger partial charge in [-0.05, 0) is 65.2 Å². The number of hydrogen-bond donors (Lipinski definition) is 0. The van der Waals surface area contributed by atoms with E-state index in [0.29, 0.717) is 44.2 Å². The molecule has 1 aliphatic heterocycles. The number of amides is 2. The van der Waals surface area contributed by atoms with Crippen LogP contribution in [0.4, 0.5) is 4.79 Å². The van der Waals surface area contributed by atoms with Gasteiger partial charge in [-0.25, -0.2) is 0 Å². The van der Waals surface area contributed by atoms with Crippen molar-refractivity contribution in [3.8, 4) is 11.5 Å². The Hall–Kier alpha value is -2.93. The molecule has 0 N–H and O–H groups in total. The van der Waals surface area contributed by atoms with Gasteiger partial charge in [0.2, 0.25) is 0 Å². The van der Waals surface area contributed by atoms with Gasteiger partial charge in [0.25, 0.3) is 11.1 Å².